The minimum absolute atomic E-state index is 0.333. The molecular formula is C18H27F2N3O2. The van der Waals surface area contributed by atoms with E-state index in [9.17, 15) is 13.6 Å². The van der Waals surface area contributed by atoms with E-state index in [1.165, 1.54) is 12.1 Å². The van der Waals surface area contributed by atoms with E-state index in [2.05, 4.69) is 10.6 Å². The lowest BCUT2D eigenvalue weighted by Gasteiger charge is -2.44. The topological polar surface area (TPSA) is 53.6 Å². The Kier molecular flexibility index (Phi) is 6.00. The quantitative estimate of drug-likeness (QED) is 0.870. The molecule has 5 nitrogen and oxygen atoms in total. The van der Waals surface area contributed by atoms with Crippen molar-refractivity contribution in [3.05, 3.63) is 35.4 Å². The van der Waals surface area contributed by atoms with Crippen molar-refractivity contribution >= 4 is 6.09 Å². The van der Waals surface area contributed by atoms with Gasteiger partial charge in [-0.3, -0.25) is 0 Å². The highest BCUT2D eigenvalue weighted by Crippen LogP contribution is 2.22. The van der Waals surface area contributed by atoms with Crippen molar-refractivity contribution in [2.24, 2.45) is 0 Å². The molecule has 2 rings (SSSR count). The summed E-state index contributed by atoms with van der Waals surface area (Å²) in [7, 11) is 1.80. The molecule has 0 aliphatic carbocycles. The third-order valence-electron chi connectivity index (χ3n) is 4.09. The molecule has 0 bridgehead atoms. The van der Waals surface area contributed by atoms with Crippen LogP contribution in [-0.4, -0.2) is 55.4 Å². The number of carbonyl (C=O) groups excluding carboxylic acids is 1. The molecule has 0 saturated carbocycles. The lowest BCUT2D eigenvalue weighted by atomic mass is 9.88. The van der Waals surface area contributed by atoms with Crippen LogP contribution in [0.25, 0.3) is 0 Å². The van der Waals surface area contributed by atoms with Crippen LogP contribution in [0, 0.1) is 11.6 Å². The molecule has 1 fully saturated rings. The monoisotopic (exact) mass is 355 g/mol. The van der Waals surface area contributed by atoms with E-state index in [0.717, 1.165) is 6.07 Å². The molecule has 0 radical (unpaired) electrons. The molecule has 1 aliphatic rings. The van der Waals surface area contributed by atoms with Crippen molar-refractivity contribution in [2.45, 2.75) is 38.3 Å². The van der Waals surface area contributed by atoms with Gasteiger partial charge in [0.25, 0.3) is 0 Å². The van der Waals surface area contributed by atoms with Crippen molar-refractivity contribution in [1.82, 2.24) is 15.5 Å². The summed E-state index contributed by atoms with van der Waals surface area (Å²) in [5.74, 6) is -1.18. The van der Waals surface area contributed by atoms with Crippen molar-refractivity contribution in [2.75, 3.05) is 33.2 Å². The number of likely N-dealkylation sites (N-methyl/N-ethyl adjacent to an activating group) is 1. The highest BCUT2D eigenvalue weighted by Gasteiger charge is 2.38. The summed E-state index contributed by atoms with van der Waals surface area (Å²) in [6, 6.07) is 3.59. The van der Waals surface area contributed by atoms with Crippen LogP contribution >= 0.6 is 0 Å². The maximum atomic E-state index is 14.1. The predicted molar refractivity (Wildman–Crippen MR) is 92.5 cm³/mol. The minimum atomic E-state index is -0.601. The first kappa shape index (κ1) is 19.6. The van der Waals surface area contributed by atoms with Gasteiger partial charge < -0.3 is 20.3 Å². The lowest BCUT2D eigenvalue weighted by Crippen LogP contribution is -2.66. The average Bonchev–Trinajstić information content (AvgIpc) is 2.49. The van der Waals surface area contributed by atoms with Gasteiger partial charge >= 0.3 is 6.09 Å². The van der Waals surface area contributed by atoms with Crippen LogP contribution in [-0.2, 0) is 11.2 Å². The molecule has 1 amide bonds. The Morgan fingerprint density at radius 2 is 2.12 bits per heavy atom. The number of hydrogen-bond acceptors (Lipinski definition) is 4. The molecular weight excluding hydrogens is 328 g/mol. The zero-order chi connectivity index (χ0) is 18.7. The minimum Gasteiger partial charge on any atom is -0.444 e. The summed E-state index contributed by atoms with van der Waals surface area (Å²) in [6.07, 6.45) is -0.0479. The second-order valence-electron chi connectivity index (χ2n) is 7.55. The van der Waals surface area contributed by atoms with Gasteiger partial charge in [0.2, 0.25) is 0 Å². The van der Waals surface area contributed by atoms with E-state index in [0.29, 0.717) is 38.2 Å². The van der Waals surface area contributed by atoms with Crippen LogP contribution in [0.2, 0.25) is 0 Å². The molecule has 1 aliphatic heterocycles. The van der Waals surface area contributed by atoms with Crippen LogP contribution in [0.1, 0.15) is 26.3 Å². The molecule has 7 heteroatoms. The molecule has 1 unspecified atom stereocenters. The Hall–Kier alpha value is -1.73. The van der Waals surface area contributed by atoms with Gasteiger partial charge in [0.1, 0.15) is 17.2 Å². The normalized spacial score (nSPS) is 21.3. The molecule has 0 spiro atoms. The highest BCUT2D eigenvalue weighted by atomic mass is 19.1. The SMILES string of the molecule is CNCC1(Cc2ccc(F)cc2F)CN(C(=O)OC(C)(C)C)CCN1. The van der Waals surface area contributed by atoms with Crippen LogP contribution in [0.3, 0.4) is 0 Å². The summed E-state index contributed by atoms with van der Waals surface area (Å²) < 4.78 is 32.7. The van der Waals surface area contributed by atoms with Crippen molar-refractivity contribution in [3.63, 3.8) is 0 Å². The van der Waals surface area contributed by atoms with Gasteiger partial charge in [-0.2, -0.15) is 0 Å². The first-order valence-corrected chi connectivity index (χ1v) is 8.46. The molecule has 1 saturated heterocycles. The van der Waals surface area contributed by atoms with E-state index < -0.39 is 22.8 Å². The number of hydrogen-bond donors (Lipinski definition) is 2. The van der Waals surface area contributed by atoms with Gasteiger partial charge in [-0.15, -0.1) is 0 Å². The standard InChI is InChI=1S/C18H27F2N3O2/c1-17(2,3)25-16(24)23-8-7-22-18(12-23,11-21-4)10-13-5-6-14(19)9-15(13)20/h5-6,9,21-22H,7-8,10-12H2,1-4H3. The molecule has 0 aromatic heterocycles. The first-order chi connectivity index (χ1) is 11.6. The molecule has 2 N–H and O–H groups in total. The van der Waals surface area contributed by atoms with Crippen LogP contribution < -0.4 is 10.6 Å². The fraction of sp³-hybridized carbons (Fsp3) is 0.611. The zero-order valence-corrected chi connectivity index (χ0v) is 15.3. The Labute approximate surface area is 147 Å². The maximum absolute atomic E-state index is 14.1. The average molecular weight is 355 g/mol. The summed E-state index contributed by atoms with van der Waals surface area (Å²) in [4.78, 5) is 14.0. The number of amides is 1. The second-order valence-corrected chi connectivity index (χ2v) is 7.55. The number of nitrogens with one attached hydrogen (secondary N) is 2. The van der Waals surface area contributed by atoms with E-state index >= 15 is 0 Å². The number of benzene rings is 1. The highest BCUT2D eigenvalue weighted by molar-refractivity contribution is 5.68. The molecule has 25 heavy (non-hydrogen) atoms. The van der Waals surface area contributed by atoms with Gasteiger partial charge in [0.05, 0.1) is 5.54 Å². The molecule has 1 heterocycles. The zero-order valence-electron chi connectivity index (χ0n) is 15.3. The van der Waals surface area contributed by atoms with Crippen LogP contribution in [0.15, 0.2) is 18.2 Å². The molecule has 1 aromatic carbocycles. The van der Waals surface area contributed by atoms with E-state index in [-0.39, 0.29) is 6.09 Å². The molecule has 1 atom stereocenters. The van der Waals surface area contributed by atoms with E-state index in [1.807, 2.05) is 20.8 Å². The number of halogens is 2. The van der Waals surface area contributed by atoms with Crippen LogP contribution in [0.5, 0.6) is 0 Å². The molecule has 140 valence electrons. The third kappa shape index (κ3) is 5.37. The lowest BCUT2D eigenvalue weighted by molar-refractivity contribution is 0.0122. The Morgan fingerprint density at radius 1 is 1.40 bits per heavy atom. The Bertz CT molecular complexity index is 615. The predicted octanol–water partition coefficient (Wildman–Crippen LogP) is 2.31. The van der Waals surface area contributed by atoms with Gasteiger partial charge in [-0.1, -0.05) is 6.07 Å². The first-order valence-electron chi connectivity index (χ1n) is 8.46. The summed E-state index contributed by atoms with van der Waals surface area (Å²) in [5, 5.41) is 6.50. The summed E-state index contributed by atoms with van der Waals surface area (Å²) in [5.41, 5.74) is -0.714. The van der Waals surface area contributed by atoms with Gasteiger partial charge in [0, 0.05) is 32.2 Å². The third-order valence-corrected chi connectivity index (χ3v) is 4.09. The van der Waals surface area contributed by atoms with Crippen LogP contribution in [0.4, 0.5) is 13.6 Å². The fourth-order valence-corrected chi connectivity index (χ4v) is 3.11. The van der Waals surface area contributed by atoms with Gasteiger partial charge in [0.15, 0.2) is 0 Å². The second kappa shape index (κ2) is 7.66. The number of carbonyl (C=O) groups is 1. The Balaban J connectivity index is 2.18. The fourth-order valence-electron chi connectivity index (χ4n) is 3.11. The number of nitrogens with zero attached hydrogens (tertiary/aromatic N) is 1. The van der Waals surface area contributed by atoms with E-state index in [1.54, 1.807) is 11.9 Å². The number of ether oxygens (including phenoxy) is 1. The summed E-state index contributed by atoms with van der Waals surface area (Å²) >= 11 is 0. The smallest absolute Gasteiger partial charge is 0.410 e. The van der Waals surface area contributed by atoms with Crippen molar-refractivity contribution < 1.29 is 18.3 Å². The number of rotatable bonds is 4. The largest absolute Gasteiger partial charge is 0.444 e. The molecule has 1 aromatic rings. The van der Waals surface area contributed by atoms with Crippen molar-refractivity contribution in [3.8, 4) is 0 Å². The maximum Gasteiger partial charge on any atom is 0.410 e. The van der Waals surface area contributed by atoms with E-state index in [4.69, 9.17) is 4.74 Å². The van der Waals surface area contributed by atoms with Gasteiger partial charge in [-0.05, 0) is 45.9 Å². The van der Waals surface area contributed by atoms with Crippen molar-refractivity contribution in [1.29, 1.82) is 0 Å². The number of piperazine rings is 1. The Morgan fingerprint density at radius 3 is 2.72 bits per heavy atom. The van der Waals surface area contributed by atoms with Gasteiger partial charge in [-0.25, -0.2) is 13.6 Å². The summed E-state index contributed by atoms with van der Waals surface area (Å²) in [6.45, 7) is 7.46.